The number of hydrogen-bond donors (Lipinski definition) is 0. The molecule has 1 heterocycles. The molecule has 0 saturated heterocycles. The molecule has 5 nitrogen and oxygen atoms in total. The van der Waals surface area contributed by atoms with Crippen molar-refractivity contribution in [3.8, 4) is 0 Å². The Morgan fingerprint density at radius 3 is 2.73 bits per heavy atom. The SMILES string of the molecule is O=[N+]([O-])c1c[n+]([O-])ccc1Cl. The molecule has 6 heteroatoms. The highest BCUT2D eigenvalue weighted by Crippen LogP contribution is 2.20. The molecule has 0 fully saturated rings. The Morgan fingerprint density at radius 1 is 1.64 bits per heavy atom. The van der Waals surface area contributed by atoms with Crippen LogP contribution in [-0.4, -0.2) is 4.92 Å². The Kier molecular flexibility index (Phi) is 1.91. The van der Waals surface area contributed by atoms with E-state index in [9.17, 15) is 15.3 Å². The molecule has 0 aliphatic heterocycles. The Bertz CT molecular complexity index is 302. The van der Waals surface area contributed by atoms with E-state index >= 15 is 0 Å². The summed E-state index contributed by atoms with van der Waals surface area (Å²) in [4.78, 5) is 9.43. The molecule has 0 bridgehead atoms. The third-order valence-electron chi connectivity index (χ3n) is 1.06. The number of aromatic nitrogens is 1. The van der Waals surface area contributed by atoms with Crippen LogP contribution in [0.25, 0.3) is 0 Å². The zero-order chi connectivity index (χ0) is 8.43. The minimum Gasteiger partial charge on any atom is -0.619 e. The van der Waals surface area contributed by atoms with E-state index in [1.54, 1.807) is 0 Å². The molecule has 0 aliphatic rings. The van der Waals surface area contributed by atoms with Gasteiger partial charge in [-0.15, -0.1) is 0 Å². The standard InChI is InChI=1S/C5H3ClN2O3/c6-4-1-2-7(9)3-5(4)8(10)11/h1-3H. The van der Waals surface area contributed by atoms with Gasteiger partial charge in [-0.25, -0.2) is 0 Å². The molecule has 0 spiro atoms. The lowest BCUT2D eigenvalue weighted by Gasteiger charge is -1.94. The first-order valence-corrected chi connectivity index (χ1v) is 3.02. The molecule has 0 aliphatic carbocycles. The van der Waals surface area contributed by atoms with Crippen LogP contribution in [-0.2, 0) is 0 Å². The molecule has 1 aromatic heterocycles. The van der Waals surface area contributed by atoms with Gasteiger partial charge in [0.25, 0.3) is 6.20 Å². The van der Waals surface area contributed by atoms with Crippen molar-refractivity contribution >= 4 is 17.3 Å². The maximum absolute atomic E-state index is 10.5. The predicted molar refractivity (Wildman–Crippen MR) is 37.1 cm³/mol. The fraction of sp³-hybridized carbons (Fsp3) is 0. The molecule has 1 aromatic rings. The van der Waals surface area contributed by atoms with Crippen LogP contribution < -0.4 is 4.73 Å². The number of rotatable bonds is 1. The summed E-state index contributed by atoms with van der Waals surface area (Å²) < 4.78 is 0.323. The minimum atomic E-state index is -0.712. The van der Waals surface area contributed by atoms with Crippen LogP contribution in [0.15, 0.2) is 18.5 Å². The molecule has 0 unspecified atom stereocenters. The Labute approximate surface area is 66.6 Å². The van der Waals surface area contributed by atoms with Crippen molar-refractivity contribution in [2.45, 2.75) is 0 Å². The molecule has 0 atom stereocenters. The van der Waals surface area contributed by atoms with Crippen LogP contribution in [0.1, 0.15) is 0 Å². The fourth-order valence-electron chi connectivity index (χ4n) is 0.584. The van der Waals surface area contributed by atoms with E-state index in [2.05, 4.69) is 0 Å². The van der Waals surface area contributed by atoms with E-state index in [0.29, 0.717) is 4.73 Å². The summed E-state index contributed by atoms with van der Waals surface area (Å²) >= 11 is 5.40. The average Bonchev–Trinajstić information content (AvgIpc) is 1.94. The third kappa shape index (κ3) is 1.56. The fourth-order valence-corrected chi connectivity index (χ4v) is 0.758. The second-order valence-corrected chi connectivity index (χ2v) is 2.20. The van der Waals surface area contributed by atoms with Crippen LogP contribution in [0.4, 0.5) is 5.69 Å². The molecular formula is C5H3ClN2O3. The molecule has 0 amide bonds. The van der Waals surface area contributed by atoms with Gasteiger partial charge in [-0.1, -0.05) is 11.6 Å². The first-order valence-electron chi connectivity index (χ1n) is 2.64. The molecule has 0 N–H and O–H groups in total. The molecule has 11 heavy (non-hydrogen) atoms. The summed E-state index contributed by atoms with van der Waals surface area (Å²) in [7, 11) is 0. The quantitative estimate of drug-likeness (QED) is 0.275. The average molecular weight is 175 g/mol. The number of hydrogen-bond acceptors (Lipinski definition) is 3. The van der Waals surface area contributed by atoms with Crippen LogP contribution in [0.2, 0.25) is 5.02 Å². The number of nitro groups is 1. The van der Waals surface area contributed by atoms with E-state index in [-0.39, 0.29) is 10.7 Å². The van der Waals surface area contributed by atoms with Crippen LogP contribution >= 0.6 is 11.6 Å². The summed E-state index contributed by atoms with van der Waals surface area (Å²) in [5.74, 6) is 0. The minimum absolute atomic E-state index is 0.0397. The number of halogens is 1. The number of nitrogens with zero attached hydrogens (tertiary/aromatic N) is 2. The van der Waals surface area contributed by atoms with Crippen molar-refractivity contribution in [1.29, 1.82) is 0 Å². The maximum atomic E-state index is 10.5. The van der Waals surface area contributed by atoms with Crippen molar-refractivity contribution in [2.24, 2.45) is 0 Å². The van der Waals surface area contributed by atoms with E-state index < -0.39 is 4.92 Å². The second kappa shape index (κ2) is 2.71. The van der Waals surface area contributed by atoms with Crippen LogP contribution in [0.5, 0.6) is 0 Å². The third-order valence-corrected chi connectivity index (χ3v) is 1.38. The van der Waals surface area contributed by atoms with E-state index in [1.165, 1.54) is 6.07 Å². The van der Waals surface area contributed by atoms with Gasteiger partial charge >= 0.3 is 5.69 Å². The summed E-state index contributed by atoms with van der Waals surface area (Å²) in [5.41, 5.74) is -0.385. The lowest BCUT2D eigenvalue weighted by atomic mass is 10.4. The van der Waals surface area contributed by atoms with Crippen molar-refractivity contribution in [3.05, 3.63) is 38.8 Å². The highest BCUT2D eigenvalue weighted by molar-refractivity contribution is 6.32. The summed E-state index contributed by atoms with van der Waals surface area (Å²) in [6, 6.07) is 1.17. The topological polar surface area (TPSA) is 70.1 Å². The van der Waals surface area contributed by atoms with Crippen LogP contribution in [0.3, 0.4) is 0 Å². The Hall–Kier alpha value is -1.36. The summed E-state index contributed by atoms with van der Waals surface area (Å²) in [5, 5.41) is 20.6. The van der Waals surface area contributed by atoms with Gasteiger partial charge in [0, 0.05) is 6.07 Å². The van der Waals surface area contributed by atoms with E-state index in [1.807, 2.05) is 0 Å². The van der Waals surface area contributed by atoms with E-state index in [0.717, 1.165) is 12.4 Å². The van der Waals surface area contributed by atoms with Gasteiger partial charge in [0.05, 0.1) is 4.92 Å². The molecule has 1 rings (SSSR count). The zero-order valence-corrected chi connectivity index (χ0v) is 5.99. The maximum Gasteiger partial charge on any atom is 0.352 e. The van der Waals surface area contributed by atoms with Crippen molar-refractivity contribution < 1.29 is 9.65 Å². The van der Waals surface area contributed by atoms with Gasteiger partial charge in [0.1, 0.15) is 5.02 Å². The van der Waals surface area contributed by atoms with Crippen LogP contribution in [0, 0.1) is 15.3 Å². The Balaban J connectivity index is 3.23. The largest absolute Gasteiger partial charge is 0.619 e. The smallest absolute Gasteiger partial charge is 0.352 e. The molecule has 0 saturated carbocycles. The van der Waals surface area contributed by atoms with Crippen molar-refractivity contribution in [2.75, 3.05) is 0 Å². The monoisotopic (exact) mass is 174 g/mol. The highest BCUT2D eigenvalue weighted by atomic mass is 35.5. The number of pyridine rings is 1. The van der Waals surface area contributed by atoms with Gasteiger partial charge in [0.15, 0.2) is 6.20 Å². The summed E-state index contributed by atoms with van der Waals surface area (Å²) in [6.07, 6.45) is 1.90. The predicted octanol–water partition coefficient (Wildman–Crippen LogP) is 0.882. The second-order valence-electron chi connectivity index (χ2n) is 1.80. The Morgan fingerprint density at radius 2 is 2.27 bits per heavy atom. The summed E-state index contributed by atoms with van der Waals surface area (Å²) in [6.45, 7) is 0. The lowest BCUT2D eigenvalue weighted by molar-refractivity contribution is -0.609. The van der Waals surface area contributed by atoms with Gasteiger partial charge in [0.2, 0.25) is 0 Å². The van der Waals surface area contributed by atoms with Gasteiger partial charge in [-0.3, -0.25) is 10.1 Å². The first-order chi connectivity index (χ1) is 5.11. The highest BCUT2D eigenvalue weighted by Gasteiger charge is 2.15. The molecule has 58 valence electrons. The zero-order valence-electron chi connectivity index (χ0n) is 5.23. The normalized spacial score (nSPS) is 9.55. The lowest BCUT2D eigenvalue weighted by Crippen LogP contribution is -2.24. The first kappa shape index (κ1) is 7.74. The van der Waals surface area contributed by atoms with Gasteiger partial charge < -0.3 is 5.21 Å². The molecule has 0 radical (unpaired) electrons. The molecular weight excluding hydrogens is 172 g/mol. The van der Waals surface area contributed by atoms with Gasteiger partial charge in [-0.2, -0.15) is 4.73 Å². The van der Waals surface area contributed by atoms with Gasteiger partial charge in [-0.05, 0) is 0 Å². The van der Waals surface area contributed by atoms with Crippen molar-refractivity contribution in [1.82, 2.24) is 0 Å². The molecule has 0 aromatic carbocycles. The van der Waals surface area contributed by atoms with E-state index in [4.69, 9.17) is 11.6 Å². The van der Waals surface area contributed by atoms with Crippen molar-refractivity contribution in [3.63, 3.8) is 0 Å².